The zero-order valence-electron chi connectivity index (χ0n) is 15.8. The summed E-state index contributed by atoms with van der Waals surface area (Å²) in [4.78, 5) is 26.4. The zero-order chi connectivity index (χ0) is 20.4. The van der Waals surface area contributed by atoms with Crippen molar-refractivity contribution >= 4 is 34.5 Å². The van der Waals surface area contributed by atoms with E-state index in [-0.39, 0.29) is 0 Å². The highest BCUT2D eigenvalue weighted by Gasteiger charge is 2.48. The normalized spacial score (nSPS) is 18.7. The number of ether oxygens (including phenoxy) is 1. The van der Waals surface area contributed by atoms with Crippen molar-refractivity contribution < 1.29 is 14.3 Å². The van der Waals surface area contributed by atoms with Crippen LogP contribution in [0.4, 0.5) is 5.69 Å². The number of fused-ring (bicyclic) bond motifs is 1. The third kappa shape index (κ3) is 3.21. The second kappa shape index (κ2) is 7.56. The lowest BCUT2D eigenvalue weighted by Gasteiger charge is -2.41. The molecule has 0 bridgehead atoms. The van der Waals surface area contributed by atoms with Crippen LogP contribution in [0, 0.1) is 0 Å². The fourth-order valence-corrected chi connectivity index (χ4v) is 4.77. The Morgan fingerprint density at radius 1 is 1.03 bits per heavy atom. The number of hydrogen-bond acceptors (Lipinski definition) is 5. The highest BCUT2D eigenvalue weighted by Crippen LogP contribution is 2.48. The number of para-hydroxylation sites is 1. The van der Waals surface area contributed by atoms with E-state index in [9.17, 15) is 9.59 Å². The topological polar surface area (TPSA) is 81.4 Å². The van der Waals surface area contributed by atoms with Crippen LogP contribution < -0.4 is 11.1 Å². The van der Waals surface area contributed by atoms with Gasteiger partial charge in [0, 0.05) is 21.7 Å². The van der Waals surface area contributed by atoms with Gasteiger partial charge in [-0.1, -0.05) is 54.6 Å². The Morgan fingerprint density at radius 2 is 1.76 bits per heavy atom. The van der Waals surface area contributed by atoms with Crippen LogP contribution in [-0.2, 0) is 19.9 Å². The number of esters is 1. The van der Waals surface area contributed by atoms with E-state index in [0.29, 0.717) is 11.1 Å². The molecule has 146 valence electrons. The molecule has 29 heavy (non-hydrogen) atoms. The first kappa shape index (κ1) is 19.0. The lowest BCUT2D eigenvalue weighted by Crippen LogP contribution is -2.45. The Hall–Kier alpha value is -3.38. The molecule has 0 spiro atoms. The van der Waals surface area contributed by atoms with Crippen LogP contribution in [0.2, 0.25) is 0 Å². The van der Waals surface area contributed by atoms with Crippen LogP contribution in [0.25, 0.3) is 5.57 Å². The molecule has 2 heterocycles. The van der Waals surface area contributed by atoms with Gasteiger partial charge in [-0.25, -0.2) is 0 Å². The van der Waals surface area contributed by atoms with Crippen molar-refractivity contribution in [1.82, 2.24) is 0 Å². The molecular weight excluding hydrogens is 384 g/mol. The Labute approximate surface area is 172 Å². The van der Waals surface area contributed by atoms with E-state index in [1.807, 2.05) is 72.1 Å². The van der Waals surface area contributed by atoms with Gasteiger partial charge in [0.05, 0.1) is 7.11 Å². The van der Waals surface area contributed by atoms with Crippen LogP contribution in [0.1, 0.15) is 21.9 Å². The summed E-state index contributed by atoms with van der Waals surface area (Å²) in [5.74, 6) is -1.68. The summed E-state index contributed by atoms with van der Waals surface area (Å²) in [7, 11) is 1.37. The number of carbonyl (C=O) groups excluding carboxylic acids is 2. The van der Waals surface area contributed by atoms with Crippen molar-refractivity contribution in [2.75, 3.05) is 12.4 Å². The molecule has 0 aliphatic carbocycles. The predicted molar refractivity (Wildman–Crippen MR) is 114 cm³/mol. The van der Waals surface area contributed by atoms with Gasteiger partial charge in [0.25, 0.3) is 0 Å². The molecule has 5 nitrogen and oxygen atoms in total. The number of rotatable bonds is 5. The largest absolute Gasteiger partial charge is 0.468 e. The maximum Gasteiger partial charge on any atom is 0.316 e. The van der Waals surface area contributed by atoms with Gasteiger partial charge < -0.3 is 15.8 Å². The van der Waals surface area contributed by atoms with E-state index in [4.69, 9.17) is 10.5 Å². The Kier molecular flexibility index (Phi) is 4.94. The van der Waals surface area contributed by atoms with Crippen molar-refractivity contribution in [3.8, 4) is 0 Å². The molecule has 3 N–H and O–H groups in total. The lowest BCUT2D eigenvalue weighted by atomic mass is 9.73. The Bertz CT molecular complexity index is 1080. The number of primary amides is 1. The van der Waals surface area contributed by atoms with E-state index in [1.165, 1.54) is 18.4 Å². The van der Waals surface area contributed by atoms with Gasteiger partial charge in [-0.15, -0.1) is 11.3 Å². The third-order valence-electron chi connectivity index (χ3n) is 5.15. The fraction of sp³-hybridized carbons (Fsp3) is 0.130. The Balaban J connectivity index is 2.03. The van der Waals surface area contributed by atoms with Crippen LogP contribution in [0.3, 0.4) is 0 Å². The number of thiophene rings is 1. The molecule has 2 atom stereocenters. The molecule has 2 unspecified atom stereocenters. The highest BCUT2D eigenvalue weighted by atomic mass is 32.1. The number of carbonyl (C=O) groups is 2. The summed E-state index contributed by atoms with van der Waals surface area (Å²) in [6, 6.07) is 20.7. The van der Waals surface area contributed by atoms with Gasteiger partial charge in [0.2, 0.25) is 5.91 Å². The quantitative estimate of drug-likeness (QED) is 0.632. The first-order chi connectivity index (χ1) is 14.1. The number of nitrogens with one attached hydrogen (secondary N) is 1. The average molecular weight is 404 g/mol. The summed E-state index contributed by atoms with van der Waals surface area (Å²) in [6.45, 7) is 0. The van der Waals surface area contributed by atoms with Gasteiger partial charge in [0.1, 0.15) is 11.5 Å². The molecule has 6 heteroatoms. The standard InChI is InChI=1S/C23H20N2O3S/c1-28-22(27)20(15-8-3-2-4-9-15)23(19-12-7-13-29-19)14-17(21(24)26)16-10-5-6-11-18(16)25-23/h2-14,20,25H,1H3,(H2,24,26). The zero-order valence-corrected chi connectivity index (χ0v) is 16.6. The first-order valence-electron chi connectivity index (χ1n) is 9.14. The van der Waals surface area contributed by atoms with E-state index in [1.54, 1.807) is 6.08 Å². The minimum atomic E-state index is -1.03. The lowest BCUT2D eigenvalue weighted by molar-refractivity contribution is -0.143. The summed E-state index contributed by atoms with van der Waals surface area (Å²) >= 11 is 1.50. The number of anilines is 1. The van der Waals surface area contributed by atoms with Crippen molar-refractivity contribution in [3.05, 3.63) is 94.2 Å². The molecule has 4 rings (SSSR count). The van der Waals surface area contributed by atoms with Crippen LogP contribution in [0.15, 0.2) is 78.2 Å². The highest BCUT2D eigenvalue weighted by molar-refractivity contribution is 7.10. The smallest absolute Gasteiger partial charge is 0.316 e. The van der Waals surface area contributed by atoms with Gasteiger partial charge >= 0.3 is 5.97 Å². The van der Waals surface area contributed by atoms with Crippen LogP contribution in [-0.4, -0.2) is 19.0 Å². The average Bonchev–Trinajstić information content (AvgIpc) is 3.29. The Morgan fingerprint density at radius 3 is 2.41 bits per heavy atom. The second-order valence-corrected chi connectivity index (χ2v) is 7.75. The number of amides is 1. The number of nitrogens with two attached hydrogens (primary N) is 1. The fourth-order valence-electron chi connectivity index (χ4n) is 3.89. The number of benzene rings is 2. The summed E-state index contributed by atoms with van der Waals surface area (Å²) in [5, 5.41) is 5.48. The van der Waals surface area contributed by atoms with Gasteiger partial charge in [-0.05, 0) is 29.2 Å². The van der Waals surface area contributed by atoms with Crippen LogP contribution >= 0.6 is 11.3 Å². The molecule has 3 aromatic rings. The van der Waals surface area contributed by atoms with Crippen molar-refractivity contribution in [3.63, 3.8) is 0 Å². The monoisotopic (exact) mass is 404 g/mol. The molecule has 1 aliphatic heterocycles. The van der Waals surface area contributed by atoms with Gasteiger partial charge in [0.15, 0.2) is 0 Å². The summed E-state index contributed by atoms with van der Waals surface area (Å²) in [5.41, 5.74) is 7.33. The maximum absolute atomic E-state index is 13.1. The first-order valence-corrected chi connectivity index (χ1v) is 10.0. The minimum Gasteiger partial charge on any atom is -0.468 e. The van der Waals surface area contributed by atoms with Gasteiger partial charge in [-0.2, -0.15) is 0 Å². The third-order valence-corrected chi connectivity index (χ3v) is 6.17. The van der Waals surface area contributed by atoms with E-state index >= 15 is 0 Å². The second-order valence-electron chi connectivity index (χ2n) is 6.81. The predicted octanol–water partition coefficient (Wildman–Crippen LogP) is 3.89. The van der Waals surface area contributed by atoms with Crippen molar-refractivity contribution in [2.24, 2.45) is 5.73 Å². The van der Waals surface area contributed by atoms with E-state index in [2.05, 4.69) is 5.32 Å². The summed E-state index contributed by atoms with van der Waals surface area (Å²) in [6.07, 6.45) is 1.78. The van der Waals surface area contributed by atoms with E-state index in [0.717, 1.165) is 16.1 Å². The maximum atomic E-state index is 13.1. The molecule has 1 aliphatic rings. The number of hydrogen-bond donors (Lipinski definition) is 2. The van der Waals surface area contributed by atoms with E-state index < -0.39 is 23.3 Å². The van der Waals surface area contributed by atoms with Crippen molar-refractivity contribution in [2.45, 2.75) is 11.5 Å². The molecule has 1 aromatic heterocycles. The van der Waals surface area contributed by atoms with Gasteiger partial charge in [-0.3, -0.25) is 9.59 Å². The van der Waals surface area contributed by atoms with Crippen molar-refractivity contribution in [1.29, 1.82) is 0 Å². The minimum absolute atomic E-state index is 0.373. The molecule has 0 fully saturated rings. The molecule has 0 saturated carbocycles. The summed E-state index contributed by atoms with van der Waals surface area (Å²) < 4.78 is 5.21. The number of methoxy groups -OCH3 is 1. The molecular formula is C23H20N2O3S. The molecule has 0 saturated heterocycles. The molecule has 2 aromatic carbocycles. The van der Waals surface area contributed by atoms with Crippen LogP contribution in [0.5, 0.6) is 0 Å². The molecule has 1 amide bonds. The molecule has 0 radical (unpaired) electrons. The SMILES string of the molecule is COC(=O)C(c1ccccc1)C1(c2cccs2)C=C(C(N)=O)c2ccccc2N1.